The second-order valence-corrected chi connectivity index (χ2v) is 6.10. The van der Waals surface area contributed by atoms with Crippen LogP contribution in [0.5, 0.6) is 0 Å². The highest BCUT2D eigenvalue weighted by molar-refractivity contribution is 4.98. The summed E-state index contributed by atoms with van der Waals surface area (Å²) in [4.78, 5) is 0. The van der Waals surface area contributed by atoms with E-state index in [1.165, 1.54) is 0 Å². The summed E-state index contributed by atoms with van der Waals surface area (Å²) in [5.74, 6) is 0.623. The first-order chi connectivity index (χ1) is 8.95. The van der Waals surface area contributed by atoms with Crippen LogP contribution in [0.25, 0.3) is 0 Å². The van der Waals surface area contributed by atoms with E-state index in [0.29, 0.717) is 0 Å². The number of rotatable bonds is 6. The molecule has 0 aliphatic carbocycles. The molecule has 2 heterocycles. The van der Waals surface area contributed by atoms with Crippen LogP contribution in [0.3, 0.4) is 0 Å². The Labute approximate surface area is 116 Å². The number of unbranched alkanes of at least 4 members (excludes halogenated alkanes) is 1. The van der Waals surface area contributed by atoms with E-state index in [1.54, 1.807) is 6.26 Å². The smallest absolute Gasteiger partial charge is 0.164 e. The SMILES string of the molecule is CC[C@@]1(C)OC(C)(C)O[C@H]1CCCCc1ccco1. The fourth-order valence-corrected chi connectivity index (χ4v) is 2.87. The Morgan fingerprint density at radius 1 is 1.21 bits per heavy atom. The van der Waals surface area contributed by atoms with Gasteiger partial charge in [-0.15, -0.1) is 0 Å². The van der Waals surface area contributed by atoms with Gasteiger partial charge in [0.05, 0.1) is 18.0 Å². The van der Waals surface area contributed by atoms with Gasteiger partial charge in [-0.2, -0.15) is 0 Å². The van der Waals surface area contributed by atoms with E-state index in [4.69, 9.17) is 13.9 Å². The van der Waals surface area contributed by atoms with Crippen LogP contribution < -0.4 is 0 Å². The highest BCUT2D eigenvalue weighted by Crippen LogP contribution is 2.40. The number of aryl methyl sites for hydroxylation is 1. The Bertz CT molecular complexity index is 383. The fraction of sp³-hybridized carbons (Fsp3) is 0.750. The Kier molecular flexibility index (Phi) is 4.36. The molecule has 0 amide bonds. The quantitative estimate of drug-likeness (QED) is 0.719. The van der Waals surface area contributed by atoms with Crippen LogP contribution in [0.2, 0.25) is 0 Å². The summed E-state index contributed by atoms with van der Waals surface area (Å²) in [6.45, 7) is 8.34. The van der Waals surface area contributed by atoms with Crippen molar-refractivity contribution in [2.45, 2.75) is 77.3 Å². The molecule has 1 aliphatic rings. The lowest BCUT2D eigenvalue weighted by atomic mass is 9.92. The maximum atomic E-state index is 6.06. The zero-order valence-electron chi connectivity index (χ0n) is 12.6. The maximum absolute atomic E-state index is 6.06. The Morgan fingerprint density at radius 2 is 2.00 bits per heavy atom. The van der Waals surface area contributed by atoms with Gasteiger partial charge < -0.3 is 13.9 Å². The van der Waals surface area contributed by atoms with E-state index in [0.717, 1.165) is 37.9 Å². The van der Waals surface area contributed by atoms with Crippen molar-refractivity contribution in [2.75, 3.05) is 0 Å². The molecule has 2 rings (SSSR count). The standard InChI is InChI=1S/C16H26O3/c1-5-16(4)14(18-15(2,3)19-16)11-7-6-9-13-10-8-12-17-13/h8,10,12,14H,5-7,9,11H2,1-4H3/t14-,16+/m0/s1. The molecule has 0 saturated carbocycles. The van der Waals surface area contributed by atoms with Crippen molar-refractivity contribution >= 4 is 0 Å². The van der Waals surface area contributed by atoms with Gasteiger partial charge in [0, 0.05) is 6.42 Å². The molecule has 1 aromatic heterocycles. The van der Waals surface area contributed by atoms with Crippen LogP contribution in [-0.4, -0.2) is 17.5 Å². The second-order valence-electron chi connectivity index (χ2n) is 6.10. The molecule has 0 unspecified atom stereocenters. The lowest BCUT2D eigenvalue weighted by Gasteiger charge is -2.27. The van der Waals surface area contributed by atoms with Gasteiger partial charge in [-0.25, -0.2) is 0 Å². The fourth-order valence-electron chi connectivity index (χ4n) is 2.87. The van der Waals surface area contributed by atoms with Crippen LogP contribution in [0.1, 0.15) is 59.1 Å². The monoisotopic (exact) mass is 266 g/mol. The van der Waals surface area contributed by atoms with E-state index in [9.17, 15) is 0 Å². The van der Waals surface area contributed by atoms with Crippen molar-refractivity contribution in [3.63, 3.8) is 0 Å². The maximum Gasteiger partial charge on any atom is 0.164 e. The molecule has 1 aliphatic heterocycles. The zero-order chi connectivity index (χ0) is 13.9. The summed E-state index contributed by atoms with van der Waals surface area (Å²) < 4.78 is 17.5. The van der Waals surface area contributed by atoms with Crippen molar-refractivity contribution in [1.82, 2.24) is 0 Å². The number of hydrogen-bond acceptors (Lipinski definition) is 3. The summed E-state index contributed by atoms with van der Waals surface area (Å²) in [5, 5.41) is 0. The number of ether oxygens (including phenoxy) is 2. The molecule has 0 N–H and O–H groups in total. The predicted octanol–water partition coefficient (Wildman–Crippen LogP) is 4.31. The molecule has 1 saturated heterocycles. The van der Waals surface area contributed by atoms with Crippen LogP contribution in [0.15, 0.2) is 22.8 Å². The van der Waals surface area contributed by atoms with Gasteiger partial charge in [-0.1, -0.05) is 13.3 Å². The highest BCUT2D eigenvalue weighted by Gasteiger charge is 2.48. The molecule has 19 heavy (non-hydrogen) atoms. The molecule has 0 spiro atoms. The molecule has 2 atom stereocenters. The number of hydrogen-bond donors (Lipinski definition) is 0. The first kappa shape index (κ1) is 14.6. The first-order valence-corrected chi connectivity index (χ1v) is 7.35. The summed E-state index contributed by atoms with van der Waals surface area (Å²) in [6.07, 6.45) is 7.25. The Hall–Kier alpha value is -0.800. The van der Waals surface area contributed by atoms with Gasteiger partial charge in [0.1, 0.15) is 5.76 Å². The second kappa shape index (κ2) is 5.68. The number of furan rings is 1. The topological polar surface area (TPSA) is 31.6 Å². The lowest BCUT2D eigenvalue weighted by molar-refractivity contribution is -0.160. The summed E-state index contributed by atoms with van der Waals surface area (Å²) in [7, 11) is 0. The highest BCUT2D eigenvalue weighted by atomic mass is 16.8. The third kappa shape index (κ3) is 3.61. The molecule has 0 radical (unpaired) electrons. The lowest BCUT2D eigenvalue weighted by Crippen LogP contribution is -2.36. The van der Waals surface area contributed by atoms with Crippen LogP contribution >= 0.6 is 0 Å². The molecule has 3 nitrogen and oxygen atoms in total. The first-order valence-electron chi connectivity index (χ1n) is 7.35. The molecule has 1 fully saturated rings. The minimum absolute atomic E-state index is 0.145. The van der Waals surface area contributed by atoms with E-state index >= 15 is 0 Å². The van der Waals surface area contributed by atoms with Crippen LogP contribution in [0.4, 0.5) is 0 Å². The molecule has 0 bridgehead atoms. The van der Waals surface area contributed by atoms with Crippen LogP contribution in [0, 0.1) is 0 Å². The summed E-state index contributed by atoms with van der Waals surface area (Å²) in [6, 6.07) is 3.98. The zero-order valence-corrected chi connectivity index (χ0v) is 12.6. The summed E-state index contributed by atoms with van der Waals surface area (Å²) >= 11 is 0. The van der Waals surface area contributed by atoms with E-state index < -0.39 is 5.79 Å². The molecular weight excluding hydrogens is 240 g/mol. The minimum Gasteiger partial charge on any atom is -0.469 e. The Morgan fingerprint density at radius 3 is 2.63 bits per heavy atom. The molecule has 1 aromatic rings. The van der Waals surface area contributed by atoms with E-state index in [1.807, 2.05) is 26.0 Å². The van der Waals surface area contributed by atoms with Gasteiger partial charge in [0.25, 0.3) is 0 Å². The normalized spacial score (nSPS) is 29.8. The molecule has 108 valence electrons. The average molecular weight is 266 g/mol. The third-order valence-electron chi connectivity index (χ3n) is 4.01. The minimum atomic E-state index is -0.448. The van der Waals surface area contributed by atoms with Crippen molar-refractivity contribution < 1.29 is 13.9 Å². The Balaban J connectivity index is 1.78. The van der Waals surface area contributed by atoms with E-state index in [-0.39, 0.29) is 11.7 Å². The van der Waals surface area contributed by atoms with Gasteiger partial charge in [-0.3, -0.25) is 0 Å². The third-order valence-corrected chi connectivity index (χ3v) is 4.01. The van der Waals surface area contributed by atoms with Crippen molar-refractivity contribution in [2.24, 2.45) is 0 Å². The predicted molar refractivity (Wildman–Crippen MR) is 75.0 cm³/mol. The van der Waals surface area contributed by atoms with Gasteiger partial charge in [0.15, 0.2) is 5.79 Å². The molecular formula is C16H26O3. The molecule has 3 heteroatoms. The van der Waals surface area contributed by atoms with Gasteiger partial charge in [-0.05, 0) is 52.2 Å². The van der Waals surface area contributed by atoms with Crippen molar-refractivity contribution in [3.05, 3.63) is 24.2 Å². The van der Waals surface area contributed by atoms with Gasteiger partial charge >= 0.3 is 0 Å². The van der Waals surface area contributed by atoms with Crippen LogP contribution in [-0.2, 0) is 15.9 Å². The van der Waals surface area contributed by atoms with Crippen molar-refractivity contribution in [3.8, 4) is 0 Å². The van der Waals surface area contributed by atoms with E-state index in [2.05, 4.69) is 13.8 Å². The largest absolute Gasteiger partial charge is 0.469 e. The van der Waals surface area contributed by atoms with Gasteiger partial charge in [0.2, 0.25) is 0 Å². The molecule has 0 aromatic carbocycles. The van der Waals surface area contributed by atoms with Crippen molar-refractivity contribution in [1.29, 1.82) is 0 Å². The average Bonchev–Trinajstić information content (AvgIpc) is 2.92. The summed E-state index contributed by atoms with van der Waals surface area (Å²) in [5.41, 5.74) is -0.145.